The molecule has 4 aromatic rings. The summed E-state index contributed by atoms with van der Waals surface area (Å²) in [6.07, 6.45) is 1.56. The lowest BCUT2D eigenvalue weighted by Crippen LogP contribution is -2.22. The van der Waals surface area contributed by atoms with Gasteiger partial charge in [-0.1, -0.05) is 11.6 Å². The van der Waals surface area contributed by atoms with Crippen LogP contribution in [0.4, 0.5) is 11.4 Å². The molecule has 0 bridgehead atoms. The highest BCUT2D eigenvalue weighted by Crippen LogP contribution is 2.32. The topological polar surface area (TPSA) is 106 Å². The molecular formula is C27H26ClN3O5. The number of rotatable bonds is 8. The normalized spacial score (nSPS) is 11.5. The summed E-state index contributed by atoms with van der Waals surface area (Å²) in [6, 6.07) is 13.7. The van der Waals surface area contributed by atoms with Crippen molar-refractivity contribution in [3.63, 3.8) is 0 Å². The van der Waals surface area contributed by atoms with Gasteiger partial charge in [0.05, 0.1) is 25.5 Å². The van der Waals surface area contributed by atoms with Gasteiger partial charge in [0.1, 0.15) is 22.7 Å². The van der Waals surface area contributed by atoms with Crippen molar-refractivity contribution in [1.29, 1.82) is 0 Å². The molecular weight excluding hydrogens is 482 g/mol. The minimum atomic E-state index is -0.445. The number of aromatic nitrogens is 1. The lowest BCUT2D eigenvalue weighted by atomic mass is 10.1. The molecule has 8 nitrogen and oxygen atoms in total. The molecule has 0 unspecified atom stereocenters. The van der Waals surface area contributed by atoms with E-state index in [2.05, 4.69) is 15.3 Å². The predicted octanol–water partition coefficient (Wildman–Crippen LogP) is 5.56. The first-order valence-electron chi connectivity index (χ1n) is 11.5. The Kier molecular flexibility index (Phi) is 7.87. The van der Waals surface area contributed by atoms with Crippen molar-refractivity contribution in [3.05, 3.63) is 82.1 Å². The number of hydrogen-bond acceptors (Lipinski definition) is 7. The van der Waals surface area contributed by atoms with Crippen LogP contribution >= 0.6 is 11.6 Å². The lowest BCUT2D eigenvalue weighted by Gasteiger charge is -2.12. The zero-order chi connectivity index (χ0) is 25.7. The number of carbonyl (C=O) groups excluding carboxylic acids is 1. The maximum atomic E-state index is 13.4. The molecule has 2 aromatic heterocycles. The van der Waals surface area contributed by atoms with Gasteiger partial charge in [0, 0.05) is 33.9 Å². The molecule has 9 heteroatoms. The first-order chi connectivity index (χ1) is 17.4. The summed E-state index contributed by atoms with van der Waals surface area (Å²) < 4.78 is 17.5. The standard InChI is InChI=1S/C27H26ClN3O5/c1-4-34-20-10-11-24(35-5-2)23(12-20)31-27-22(26(33)30-19-8-6-18(28)7-9-19)13-21-17(15-32)14-29-16(3)25(21)36-27/h6-14,32H,4-5,15H2,1-3H3,(H,30,33). The zero-order valence-corrected chi connectivity index (χ0v) is 20.9. The highest BCUT2D eigenvalue weighted by atomic mass is 35.5. The number of pyridine rings is 1. The minimum absolute atomic E-state index is 0.0588. The predicted molar refractivity (Wildman–Crippen MR) is 138 cm³/mol. The zero-order valence-electron chi connectivity index (χ0n) is 20.2. The molecule has 186 valence electrons. The molecule has 2 heterocycles. The molecule has 1 amide bonds. The van der Waals surface area contributed by atoms with Crippen LogP contribution in [0.5, 0.6) is 11.5 Å². The SMILES string of the molecule is CCOc1ccc(OCC)c(N=c2oc3c(C)ncc(CO)c3cc2C(=O)Nc2ccc(Cl)cc2)c1. The van der Waals surface area contributed by atoms with Crippen molar-refractivity contribution < 1.29 is 23.8 Å². The smallest absolute Gasteiger partial charge is 0.261 e. The molecule has 0 saturated carbocycles. The van der Waals surface area contributed by atoms with Crippen LogP contribution in [0.3, 0.4) is 0 Å². The molecule has 0 spiro atoms. The van der Waals surface area contributed by atoms with Crippen LogP contribution in [-0.4, -0.2) is 29.2 Å². The maximum absolute atomic E-state index is 13.4. The van der Waals surface area contributed by atoms with Crippen LogP contribution in [0.15, 0.2) is 64.1 Å². The van der Waals surface area contributed by atoms with E-state index in [9.17, 15) is 9.90 Å². The van der Waals surface area contributed by atoms with Crippen LogP contribution in [0.2, 0.25) is 5.02 Å². The largest absolute Gasteiger partial charge is 0.494 e. The number of aliphatic hydroxyl groups excluding tert-OH is 1. The number of carbonyl (C=O) groups is 1. The number of anilines is 1. The Morgan fingerprint density at radius 1 is 1.11 bits per heavy atom. The van der Waals surface area contributed by atoms with Gasteiger partial charge in [-0.15, -0.1) is 0 Å². The van der Waals surface area contributed by atoms with E-state index in [4.69, 9.17) is 25.5 Å². The fraction of sp³-hybridized carbons (Fsp3) is 0.222. The lowest BCUT2D eigenvalue weighted by molar-refractivity contribution is 0.102. The number of nitrogens with zero attached hydrogens (tertiary/aromatic N) is 2. The van der Waals surface area contributed by atoms with Gasteiger partial charge >= 0.3 is 0 Å². The number of nitrogens with one attached hydrogen (secondary N) is 1. The fourth-order valence-corrected chi connectivity index (χ4v) is 3.75. The number of aliphatic hydroxyl groups is 1. The second-order valence-corrected chi connectivity index (χ2v) is 8.24. The highest BCUT2D eigenvalue weighted by Gasteiger charge is 2.17. The maximum Gasteiger partial charge on any atom is 0.261 e. The molecule has 36 heavy (non-hydrogen) atoms. The molecule has 0 aliphatic rings. The van der Waals surface area contributed by atoms with Gasteiger partial charge in [0.25, 0.3) is 5.91 Å². The number of fused-ring (bicyclic) bond motifs is 1. The highest BCUT2D eigenvalue weighted by molar-refractivity contribution is 6.30. The van der Waals surface area contributed by atoms with Crippen LogP contribution in [0.25, 0.3) is 11.0 Å². The van der Waals surface area contributed by atoms with E-state index in [1.807, 2.05) is 13.8 Å². The molecule has 0 radical (unpaired) electrons. The van der Waals surface area contributed by atoms with Gasteiger partial charge in [0.2, 0.25) is 5.55 Å². The first-order valence-corrected chi connectivity index (χ1v) is 11.9. The molecule has 2 N–H and O–H groups in total. The number of hydrogen-bond donors (Lipinski definition) is 2. The minimum Gasteiger partial charge on any atom is -0.494 e. The van der Waals surface area contributed by atoms with Gasteiger partial charge in [-0.05, 0) is 63.2 Å². The van der Waals surface area contributed by atoms with E-state index in [1.54, 1.807) is 61.7 Å². The fourth-order valence-electron chi connectivity index (χ4n) is 3.62. The average Bonchev–Trinajstić information content (AvgIpc) is 2.87. The van der Waals surface area contributed by atoms with Crippen LogP contribution in [0.1, 0.15) is 35.5 Å². The van der Waals surface area contributed by atoms with Gasteiger partial charge in [0.15, 0.2) is 5.58 Å². The van der Waals surface area contributed by atoms with E-state index in [1.165, 1.54) is 0 Å². The van der Waals surface area contributed by atoms with E-state index in [-0.39, 0.29) is 17.7 Å². The van der Waals surface area contributed by atoms with Crippen molar-refractivity contribution in [3.8, 4) is 11.5 Å². The monoisotopic (exact) mass is 507 g/mol. The molecule has 0 aliphatic heterocycles. The molecule has 2 aromatic carbocycles. The van der Waals surface area contributed by atoms with Crippen LogP contribution in [0, 0.1) is 6.92 Å². The van der Waals surface area contributed by atoms with Gasteiger partial charge in [-0.25, -0.2) is 4.99 Å². The van der Waals surface area contributed by atoms with E-state index in [0.717, 1.165) is 0 Å². The van der Waals surface area contributed by atoms with Crippen molar-refractivity contribution in [2.45, 2.75) is 27.4 Å². The summed E-state index contributed by atoms with van der Waals surface area (Å²) in [6.45, 7) is 6.19. The number of ether oxygens (including phenoxy) is 2. The number of aryl methyl sites for hydroxylation is 1. The summed E-state index contributed by atoms with van der Waals surface area (Å²) in [7, 11) is 0. The Balaban J connectivity index is 1.94. The van der Waals surface area contributed by atoms with E-state index < -0.39 is 5.91 Å². The van der Waals surface area contributed by atoms with Crippen molar-refractivity contribution in [1.82, 2.24) is 4.98 Å². The number of benzene rings is 2. The Hall–Kier alpha value is -3.88. The van der Waals surface area contributed by atoms with Crippen molar-refractivity contribution in [2.24, 2.45) is 4.99 Å². The third-order valence-electron chi connectivity index (χ3n) is 5.33. The van der Waals surface area contributed by atoms with Gasteiger partial charge in [-0.3, -0.25) is 9.78 Å². The summed E-state index contributed by atoms with van der Waals surface area (Å²) in [5, 5.41) is 13.8. The molecule has 0 aliphatic carbocycles. The van der Waals surface area contributed by atoms with E-state index in [0.29, 0.717) is 63.3 Å². The summed E-state index contributed by atoms with van der Waals surface area (Å²) >= 11 is 5.98. The molecule has 0 saturated heterocycles. The number of halogens is 1. The second kappa shape index (κ2) is 11.2. The van der Waals surface area contributed by atoms with Crippen molar-refractivity contribution >= 4 is 39.9 Å². The summed E-state index contributed by atoms with van der Waals surface area (Å²) in [5.74, 6) is 0.673. The molecule has 0 fully saturated rings. The Morgan fingerprint density at radius 2 is 1.86 bits per heavy atom. The third-order valence-corrected chi connectivity index (χ3v) is 5.58. The van der Waals surface area contributed by atoms with E-state index >= 15 is 0 Å². The van der Waals surface area contributed by atoms with Gasteiger partial charge in [-0.2, -0.15) is 0 Å². The van der Waals surface area contributed by atoms with Crippen molar-refractivity contribution in [2.75, 3.05) is 18.5 Å². The summed E-state index contributed by atoms with van der Waals surface area (Å²) in [5.41, 5.74) is 2.76. The third kappa shape index (κ3) is 5.50. The van der Waals surface area contributed by atoms with Crippen LogP contribution < -0.4 is 20.3 Å². The summed E-state index contributed by atoms with van der Waals surface area (Å²) in [4.78, 5) is 22.4. The quantitative estimate of drug-likeness (QED) is 0.323. The molecule has 4 rings (SSSR count). The number of amides is 1. The Labute approximate surface area is 213 Å². The second-order valence-electron chi connectivity index (χ2n) is 7.80. The molecule has 0 atom stereocenters. The van der Waals surface area contributed by atoms with Gasteiger partial charge < -0.3 is 24.3 Å². The first kappa shape index (κ1) is 25.2. The average molecular weight is 508 g/mol. The Bertz CT molecular complexity index is 1470. The van der Waals surface area contributed by atoms with Crippen LogP contribution in [-0.2, 0) is 6.61 Å². The Morgan fingerprint density at radius 3 is 2.56 bits per heavy atom.